The molecule has 1 heterocycles. The predicted octanol–water partition coefficient (Wildman–Crippen LogP) is 5.58. The minimum absolute atomic E-state index is 0.104. The summed E-state index contributed by atoms with van der Waals surface area (Å²) in [6.45, 7) is 0. The van der Waals surface area contributed by atoms with Gasteiger partial charge in [0.2, 0.25) is 5.78 Å². The summed E-state index contributed by atoms with van der Waals surface area (Å²) in [4.78, 5) is 12.6. The van der Waals surface area contributed by atoms with Crippen molar-refractivity contribution in [2.75, 3.05) is 0 Å². The summed E-state index contributed by atoms with van der Waals surface area (Å²) in [5.74, 6) is 0.265. The van der Waals surface area contributed by atoms with Crippen molar-refractivity contribution in [1.82, 2.24) is 0 Å². The predicted molar refractivity (Wildman–Crippen MR) is 91.3 cm³/mol. The van der Waals surface area contributed by atoms with E-state index in [4.69, 9.17) is 4.42 Å². The number of rotatable bonds is 2. The van der Waals surface area contributed by atoms with Gasteiger partial charge in [-0.25, -0.2) is 0 Å². The van der Waals surface area contributed by atoms with Crippen molar-refractivity contribution in [3.8, 4) is 0 Å². The normalized spacial score (nSPS) is 11.1. The van der Waals surface area contributed by atoms with Crippen LogP contribution in [0.15, 0.2) is 75.6 Å². The van der Waals surface area contributed by atoms with Crippen LogP contribution in [0.2, 0.25) is 0 Å². The van der Waals surface area contributed by atoms with Crippen LogP contribution >= 0.6 is 15.9 Å². The van der Waals surface area contributed by atoms with Gasteiger partial charge in [-0.1, -0.05) is 46.3 Å². The molecule has 0 saturated heterocycles. The fourth-order valence-electron chi connectivity index (χ4n) is 2.65. The van der Waals surface area contributed by atoms with E-state index in [1.165, 1.54) is 0 Å². The summed E-state index contributed by atoms with van der Waals surface area (Å²) in [7, 11) is 0. The van der Waals surface area contributed by atoms with Crippen molar-refractivity contribution in [3.05, 3.63) is 82.5 Å². The molecule has 1 aromatic heterocycles. The first-order valence-corrected chi connectivity index (χ1v) is 7.73. The van der Waals surface area contributed by atoms with Gasteiger partial charge in [0, 0.05) is 15.4 Å². The monoisotopic (exact) mass is 350 g/mol. The molecule has 4 rings (SSSR count). The quantitative estimate of drug-likeness (QED) is 0.441. The lowest BCUT2D eigenvalue weighted by molar-refractivity contribution is 0.101. The highest BCUT2D eigenvalue weighted by atomic mass is 79.9. The van der Waals surface area contributed by atoms with Gasteiger partial charge in [-0.3, -0.25) is 4.79 Å². The Bertz CT molecular complexity index is 997. The Morgan fingerprint density at radius 1 is 0.864 bits per heavy atom. The standard InChI is InChI=1S/C19H11BrO2/c20-14-8-5-13(6-9-14)19(21)18-11-16-15-4-2-1-3-12(15)7-10-17(16)22-18/h1-11H. The molecule has 22 heavy (non-hydrogen) atoms. The molecule has 0 bridgehead atoms. The van der Waals surface area contributed by atoms with Crippen LogP contribution in [0.5, 0.6) is 0 Å². The topological polar surface area (TPSA) is 30.2 Å². The molecule has 3 aromatic carbocycles. The third-order valence-corrected chi connectivity index (χ3v) is 4.28. The molecule has 0 fully saturated rings. The second-order valence-electron chi connectivity index (χ2n) is 5.15. The maximum atomic E-state index is 12.6. The Morgan fingerprint density at radius 3 is 2.45 bits per heavy atom. The molecule has 0 amide bonds. The fourth-order valence-corrected chi connectivity index (χ4v) is 2.91. The highest BCUT2D eigenvalue weighted by Crippen LogP contribution is 2.29. The van der Waals surface area contributed by atoms with Crippen LogP contribution in [-0.2, 0) is 0 Å². The highest BCUT2D eigenvalue weighted by molar-refractivity contribution is 9.10. The third-order valence-electron chi connectivity index (χ3n) is 3.76. The van der Waals surface area contributed by atoms with E-state index in [0.29, 0.717) is 11.3 Å². The SMILES string of the molecule is O=C(c1ccc(Br)cc1)c1cc2c(ccc3ccccc32)o1. The molecule has 4 aromatic rings. The van der Waals surface area contributed by atoms with Crippen LogP contribution in [0.25, 0.3) is 21.7 Å². The van der Waals surface area contributed by atoms with Crippen molar-refractivity contribution >= 4 is 43.5 Å². The molecule has 2 nitrogen and oxygen atoms in total. The summed E-state index contributed by atoms with van der Waals surface area (Å²) >= 11 is 3.37. The molecule has 0 N–H and O–H groups in total. The van der Waals surface area contributed by atoms with Crippen molar-refractivity contribution in [3.63, 3.8) is 0 Å². The van der Waals surface area contributed by atoms with Gasteiger partial charge in [0.05, 0.1) is 0 Å². The molecule has 106 valence electrons. The molecule has 3 heteroatoms. The van der Waals surface area contributed by atoms with Gasteiger partial charge in [-0.2, -0.15) is 0 Å². The van der Waals surface area contributed by atoms with Crippen LogP contribution in [0.4, 0.5) is 0 Å². The number of carbonyl (C=O) groups is 1. The fraction of sp³-hybridized carbons (Fsp3) is 0. The first-order valence-electron chi connectivity index (χ1n) is 6.94. The Balaban J connectivity index is 1.87. The Kier molecular flexibility index (Phi) is 3.09. The molecule has 0 atom stereocenters. The molecule has 0 spiro atoms. The van der Waals surface area contributed by atoms with Gasteiger partial charge >= 0.3 is 0 Å². The second kappa shape index (κ2) is 5.11. The van der Waals surface area contributed by atoms with Crippen molar-refractivity contribution in [2.24, 2.45) is 0 Å². The molecular weight excluding hydrogens is 340 g/mol. The summed E-state index contributed by atoms with van der Waals surface area (Å²) in [5.41, 5.74) is 1.35. The van der Waals surface area contributed by atoms with Gasteiger partial charge in [-0.05, 0) is 47.2 Å². The lowest BCUT2D eigenvalue weighted by Crippen LogP contribution is -1.98. The number of furan rings is 1. The molecule has 0 aliphatic heterocycles. The number of ketones is 1. The molecule has 0 radical (unpaired) electrons. The first-order chi connectivity index (χ1) is 10.7. The maximum absolute atomic E-state index is 12.6. The number of carbonyl (C=O) groups excluding carboxylic acids is 1. The van der Waals surface area contributed by atoms with Crippen molar-refractivity contribution in [1.29, 1.82) is 0 Å². The number of hydrogen-bond acceptors (Lipinski definition) is 2. The number of hydrogen-bond donors (Lipinski definition) is 0. The summed E-state index contributed by atoms with van der Waals surface area (Å²) in [5, 5.41) is 3.20. The van der Waals surface area contributed by atoms with Crippen LogP contribution < -0.4 is 0 Å². The van der Waals surface area contributed by atoms with E-state index in [-0.39, 0.29) is 5.78 Å². The number of fused-ring (bicyclic) bond motifs is 3. The van der Waals surface area contributed by atoms with E-state index < -0.39 is 0 Å². The van der Waals surface area contributed by atoms with E-state index in [0.717, 1.165) is 26.2 Å². The summed E-state index contributed by atoms with van der Waals surface area (Å²) < 4.78 is 6.71. The maximum Gasteiger partial charge on any atom is 0.228 e. The number of benzene rings is 3. The van der Waals surface area contributed by atoms with Crippen LogP contribution in [0, 0.1) is 0 Å². The Hall–Kier alpha value is -2.39. The van der Waals surface area contributed by atoms with Gasteiger partial charge < -0.3 is 4.42 Å². The molecule has 0 aliphatic carbocycles. The van der Waals surface area contributed by atoms with Crippen LogP contribution in [-0.4, -0.2) is 5.78 Å². The van der Waals surface area contributed by atoms with Crippen molar-refractivity contribution in [2.45, 2.75) is 0 Å². The van der Waals surface area contributed by atoms with E-state index >= 15 is 0 Å². The zero-order valence-electron chi connectivity index (χ0n) is 11.5. The summed E-state index contributed by atoms with van der Waals surface area (Å²) in [6, 6.07) is 21.1. The van der Waals surface area contributed by atoms with Gasteiger partial charge in [0.15, 0.2) is 5.76 Å². The average Bonchev–Trinajstić information content (AvgIpc) is 2.99. The highest BCUT2D eigenvalue weighted by Gasteiger charge is 2.15. The zero-order valence-corrected chi connectivity index (χ0v) is 13.1. The van der Waals surface area contributed by atoms with Crippen molar-refractivity contribution < 1.29 is 9.21 Å². The summed E-state index contributed by atoms with van der Waals surface area (Å²) in [6.07, 6.45) is 0. The minimum atomic E-state index is -0.104. The van der Waals surface area contributed by atoms with E-state index in [2.05, 4.69) is 22.0 Å². The lowest BCUT2D eigenvalue weighted by Gasteiger charge is -1.97. The van der Waals surface area contributed by atoms with E-state index in [9.17, 15) is 4.79 Å². The largest absolute Gasteiger partial charge is 0.453 e. The Morgan fingerprint density at radius 2 is 1.64 bits per heavy atom. The molecular formula is C19H11BrO2. The van der Waals surface area contributed by atoms with E-state index in [1.807, 2.05) is 48.5 Å². The number of halogens is 1. The lowest BCUT2D eigenvalue weighted by atomic mass is 10.1. The molecule has 0 aliphatic rings. The Labute approximate surface area is 135 Å². The molecule has 0 unspecified atom stereocenters. The smallest absolute Gasteiger partial charge is 0.228 e. The second-order valence-corrected chi connectivity index (χ2v) is 6.06. The average molecular weight is 351 g/mol. The minimum Gasteiger partial charge on any atom is -0.453 e. The van der Waals surface area contributed by atoms with Crippen LogP contribution in [0.1, 0.15) is 16.1 Å². The first kappa shape index (κ1) is 13.3. The zero-order chi connectivity index (χ0) is 15.1. The van der Waals surface area contributed by atoms with Crippen LogP contribution in [0.3, 0.4) is 0 Å². The molecule has 0 saturated carbocycles. The third kappa shape index (κ3) is 2.14. The van der Waals surface area contributed by atoms with Gasteiger partial charge in [0.25, 0.3) is 0 Å². The van der Waals surface area contributed by atoms with Gasteiger partial charge in [-0.15, -0.1) is 0 Å². The van der Waals surface area contributed by atoms with E-state index in [1.54, 1.807) is 12.1 Å². The van der Waals surface area contributed by atoms with Gasteiger partial charge in [0.1, 0.15) is 5.58 Å².